The summed E-state index contributed by atoms with van der Waals surface area (Å²) in [5.74, 6) is 4.56. The van der Waals surface area contributed by atoms with Crippen LogP contribution in [-0.4, -0.2) is 58.1 Å². The zero-order valence-electron chi connectivity index (χ0n) is 38.3. The summed E-state index contributed by atoms with van der Waals surface area (Å²) in [7, 11) is 1.48. The molecule has 0 aliphatic heterocycles. The highest BCUT2D eigenvalue weighted by atomic mass is 16.5. The second-order valence-corrected chi connectivity index (χ2v) is 23.2. The van der Waals surface area contributed by atoms with Gasteiger partial charge >= 0.3 is 11.9 Å². The Bertz CT molecular complexity index is 1590. The Morgan fingerprint density at radius 3 is 1.34 bits per heavy atom. The number of aliphatic carboxylic acids is 1. The minimum Gasteiger partial charge on any atom is -0.481 e. The number of aliphatic hydroxyl groups is 2. The van der Waals surface area contributed by atoms with Gasteiger partial charge in [-0.2, -0.15) is 0 Å². The molecule has 0 radical (unpaired) electrons. The maximum atomic E-state index is 13.9. The standard InChI is InChI=1S/C26H42O4.C25H40O4/c1-6-17-21-14-16(27)9-11-26(21,4)20-10-12-25(3)18(15(2)13-22(28)30-5)7-8-19(25)23(20)24(17)29;1-5-16-20-13-15(26)8-10-25(20,4)19-9-11-24(3)17(14(2)12-21(27)28)6-7-18(24)22(19)23(16)29/h15-21,23,27H,6-14H2,1-5H3;14-20,22,26H,5-13H2,1-4H3,(H,27,28)/t15-,16-,17-,18-,19+,20+,21+,23+,25-,26-;14-,15-,16-,17-,18+,19+,20+,22+,24-,25-/m11/s1. The van der Waals surface area contributed by atoms with Crippen molar-refractivity contribution in [2.75, 3.05) is 7.11 Å². The van der Waals surface area contributed by atoms with Crippen LogP contribution >= 0.6 is 0 Å². The van der Waals surface area contributed by atoms with E-state index in [-0.39, 0.29) is 75.8 Å². The number of carbonyl (C=O) groups is 4. The molecular weight excluding hydrogens is 741 g/mol. The average Bonchev–Trinajstić information content (AvgIpc) is 3.73. The number of carbonyl (C=O) groups excluding carboxylic acids is 3. The first-order valence-electron chi connectivity index (χ1n) is 24.5. The molecule has 8 fully saturated rings. The van der Waals surface area contributed by atoms with Gasteiger partial charge in [0, 0.05) is 36.5 Å². The second-order valence-electron chi connectivity index (χ2n) is 23.2. The molecule has 0 bridgehead atoms. The van der Waals surface area contributed by atoms with Crippen molar-refractivity contribution in [3.05, 3.63) is 0 Å². The molecule has 0 aromatic carbocycles. The number of ether oxygens (including phenoxy) is 1. The fourth-order valence-corrected chi connectivity index (χ4v) is 18.1. The van der Waals surface area contributed by atoms with Gasteiger partial charge in [0.1, 0.15) is 11.6 Å². The molecule has 8 aliphatic rings. The Labute approximate surface area is 356 Å². The number of hydrogen-bond acceptors (Lipinski definition) is 7. The minimum absolute atomic E-state index is 0.0917. The van der Waals surface area contributed by atoms with Crippen LogP contribution in [0.25, 0.3) is 0 Å². The molecule has 0 heterocycles. The van der Waals surface area contributed by atoms with E-state index in [1.165, 1.54) is 13.5 Å². The normalized spacial score (nSPS) is 49.7. The van der Waals surface area contributed by atoms with Gasteiger partial charge in [-0.3, -0.25) is 19.2 Å². The molecule has 0 spiro atoms. The van der Waals surface area contributed by atoms with Crippen LogP contribution in [0, 0.1) is 105 Å². The molecule has 8 nitrogen and oxygen atoms in total. The Balaban J connectivity index is 0.000000179. The van der Waals surface area contributed by atoms with Gasteiger partial charge in [-0.1, -0.05) is 55.4 Å². The van der Waals surface area contributed by atoms with E-state index in [0.29, 0.717) is 71.2 Å². The monoisotopic (exact) mass is 823 g/mol. The number of Topliss-reactive ketones (excluding diaryl/α,β-unsaturated/α-hetero) is 2. The summed E-state index contributed by atoms with van der Waals surface area (Å²) in [5.41, 5.74) is 0.613. The molecular formula is C51H82O8. The van der Waals surface area contributed by atoms with Crippen molar-refractivity contribution in [2.45, 2.75) is 183 Å². The molecule has 8 rings (SSSR count). The lowest BCUT2D eigenvalue weighted by Gasteiger charge is -2.62. The maximum Gasteiger partial charge on any atom is 0.305 e. The van der Waals surface area contributed by atoms with Gasteiger partial charge in [-0.05, 0) is 184 Å². The summed E-state index contributed by atoms with van der Waals surface area (Å²) in [4.78, 5) is 51.1. The quantitative estimate of drug-likeness (QED) is 0.206. The first kappa shape index (κ1) is 45.2. The summed E-state index contributed by atoms with van der Waals surface area (Å²) in [6.45, 7) is 18.3. The summed E-state index contributed by atoms with van der Waals surface area (Å²) >= 11 is 0. The largest absolute Gasteiger partial charge is 0.481 e. The Morgan fingerprint density at radius 2 is 0.966 bits per heavy atom. The van der Waals surface area contributed by atoms with Crippen molar-refractivity contribution in [1.29, 1.82) is 0 Å². The fraction of sp³-hybridized carbons (Fsp3) is 0.922. The first-order chi connectivity index (χ1) is 27.8. The van der Waals surface area contributed by atoms with Crippen molar-refractivity contribution < 1.29 is 39.2 Å². The number of rotatable bonds is 8. The average molecular weight is 823 g/mol. The summed E-state index contributed by atoms with van der Waals surface area (Å²) in [6, 6.07) is 0. The number of ketones is 2. The molecule has 0 aromatic rings. The smallest absolute Gasteiger partial charge is 0.305 e. The van der Waals surface area contributed by atoms with Crippen LogP contribution in [0.2, 0.25) is 0 Å². The summed E-state index contributed by atoms with van der Waals surface area (Å²) < 4.78 is 4.95. The Kier molecular flexibility index (Phi) is 12.8. The van der Waals surface area contributed by atoms with E-state index >= 15 is 0 Å². The summed E-state index contributed by atoms with van der Waals surface area (Å²) in [6.07, 6.45) is 16.5. The van der Waals surface area contributed by atoms with E-state index in [0.717, 1.165) is 96.3 Å². The van der Waals surface area contributed by atoms with Gasteiger partial charge in [0.2, 0.25) is 0 Å². The van der Waals surface area contributed by atoms with E-state index in [2.05, 4.69) is 55.4 Å². The van der Waals surface area contributed by atoms with Crippen LogP contribution in [0.5, 0.6) is 0 Å². The van der Waals surface area contributed by atoms with Crippen molar-refractivity contribution in [3.63, 3.8) is 0 Å². The molecule has 0 saturated heterocycles. The first-order valence-corrected chi connectivity index (χ1v) is 24.5. The van der Waals surface area contributed by atoms with Crippen molar-refractivity contribution >= 4 is 23.5 Å². The lowest BCUT2D eigenvalue weighted by Crippen LogP contribution is -2.60. The predicted molar refractivity (Wildman–Crippen MR) is 229 cm³/mol. The zero-order chi connectivity index (χ0) is 43.0. The summed E-state index contributed by atoms with van der Waals surface area (Å²) in [5, 5.41) is 30.1. The number of carboxylic acids is 1. The zero-order valence-corrected chi connectivity index (χ0v) is 38.3. The van der Waals surface area contributed by atoms with Gasteiger partial charge in [0.15, 0.2) is 0 Å². The van der Waals surface area contributed by atoms with E-state index in [1.807, 2.05) is 0 Å². The SMILES string of the molecule is CC[C@H]1C(=O)[C@@H]2[C@H](CC[C@]3(C)[C@@H]([C@H](C)CC(=O)O)CC[C@@H]23)[C@@]2(C)CC[C@@H](O)C[C@@H]12.CC[C@H]1C(=O)[C@@H]2[C@H](CC[C@]3(C)[C@@H]([C@H](C)CC(=O)OC)CC[C@@H]23)[C@@]2(C)CC[C@@H](O)C[C@@H]12. The van der Waals surface area contributed by atoms with Crippen molar-refractivity contribution in [2.24, 2.45) is 105 Å². The molecule has 59 heavy (non-hydrogen) atoms. The Hall–Kier alpha value is -1.80. The van der Waals surface area contributed by atoms with Crippen LogP contribution in [0.4, 0.5) is 0 Å². The van der Waals surface area contributed by atoms with E-state index in [9.17, 15) is 34.5 Å². The lowest BCUT2D eigenvalue weighted by molar-refractivity contribution is -0.174. The number of aliphatic hydroxyl groups excluding tert-OH is 2. The van der Waals surface area contributed by atoms with E-state index in [4.69, 9.17) is 4.74 Å². The van der Waals surface area contributed by atoms with Gasteiger partial charge in [-0.25, -0.2) is 0 Å². The lowest BCUT2D eigenvalue weighted by atomic mass is 9.42. The topological polar surface area (TPSA) is 138 Å². The Morgan fingerprint density at radius 1 is 0.593 bits per heavy atom. The van der Waals surface area contributed by atoms with E-state index in [1.54, 1.807) is 0 Å². The molecule has 3 N–H and O–H groups in total. The van der Waals surface area contributed by atoms with Gasteiger partial charge < -0.3 is 20.1 Å². The highest BCUT2D eigenvalue weighted by Crippen LogP contribution is 2.70. The van der Waals surface area contributed by atoms with Crippen molar-refractivity contribution in [1.82, 2.24) is 0 Å². The molecule has 0 amide bonds. The van der Waals surface area contributed by atoms with Crippen LogP contribution in [0.3, 0.4) is 0 Å². The molecule has 0 unspecified atom stereocenters. The molecule has 8 heteroatoms. The second kappa shape index (κ2) is 16.7. The number of methoxy groups -OCH3 is 1. The fourth-order valence-electron chi connectivity index (χ4n) is 18.1. The van der Waals surface area contributed by atoms with Crippen LogP contribution in [-0.2, 0) is 23.9 Å². The highest BCUT2D eigenvalue weighted by Gasteiger charge is 2.67. The van der Waals surface area contributed by atoms with E-state index < -0.39 is 5.97 Å². The van der Waals surface area contributed by atoms with Crippen LogP contribution < -0.4 is 0 Å². The van der Waals surface area contributed by atoms with Gasteiger partial charge in [-0.15, -0.1) is 0 Å². The third-order valence-corrected chi connectivity index (χ3v) is 21.0. The third kappa shape index (κ3) is 7.32. The highest BCUT2D eigenvalue weighted by molar-refractivity contribution is 5.86. The van der Waals surface area contributed by atoms with Crippen LogP contribution in [0.1, 0.15) is 171 Å². The van der Waals surface area contributed by atoms with Gasteiger partial charge in [0.05, 0.1) is 19.3 Å². The minimum atomic E-state index is -0.700. The number of fused-ring (bicyclic) bond motifs is 10. The molecule has 20 atom stereocenters. The predicted octanol–water partition coefficient (Wildman–Crippen LogP) is 9.95. The maximum absolute atomic E-state index is 13.9. The molecule has 8 aliphatic carbocycles. The molecule has 8 saturated carbocycles. The third-order valence-electron chi connectivity index (χ3n) is 21.0. The molecule has 334 valence electrons. The number of hydrogen-bond donors (Lipinski definition) is 3. The number of esters is 1. The number of carboxylic acid groups (broad SMARTS) is 1. The van der Waals surface area contributed by atoms with Crippen LogP contribution in [0.15, 0.2) is 0 Å². The van der Waals surface area contributed by atoms with Crippen molar-refractivity contribution in [3.8, 4) is 0 Å². The molecule has 0 aromatic heterocycles. The van der Waals surface area contributed by atoms with Gasteiger partial charge in [0.25, 0.3) is 0 Å².